The molecule has 0 saturated heterocycles. The monoisotopic (exact) mass is 311 g/mol. The maximum absolute atomic E-state index is 10.7. The Morgan fingerprint density at radius 1 is 0.957 bits per heavy atom. The number of benzene rings is 1. The summed E-state index contributed by atoms with van der Waals surface area (Å²) in [7, 11) is 0. The number of non-ortho nitro benzene ring substituents is 1. The van der Waals surface area contributed by atoms with Gasteiger partial charge in [0.25, 0.3) is 5.69 Å². The van der Waals surface area contributed by atoms with Crippen LogP contribution >= 0.6 is 0 Å². The van der Waals surface area contributed by atoms with Crippen LogP contribution in [0.15, 0.2) is 46.9 Å². The first-order chi connectivity index (χ1) is 11.0. The van der Waals surface area contributed by atoms with Crippen molar-refractivity contribution in [3.05, 3.63) is 74.1 Å². The summed E-state index contributed by atoms with van der Waals surface area (Å²) in [5.41, 5.74) is 1.22. The van der Waals surface area contributed by atoms with Gasteiger partial charge < -0.3 is 4.42 Å². The molecule has 0 bridgehead atoms. The zero-order valence-corrected chi connectivity index (χ0v) is 11.6. The molecule has 3 rings (SSSR count). The highest BCUT2D eigenvalue weighted by Crippen LogP contribution is 2.21. The molecule has 2 aromatic heterocycles. The molecule has 0 aliphatic carbocycles. The third-order valence-electron chi connectivity index (χ3n) is 3.12. The van der Waals surface area contributed by atoms with Crippen molar-refractivity contribution in [1.82, 2.24) is 4.98 Å². The van der Waals surface area contributed by atoms with Gasteiger partial charge in [-0.3, -0.25) is 20.2 Å². The molecule has 0 atom stereocenters. The van der Waals surface area contributed by atoms with E-state index >= 15 is 0 Å². The lowest BCUT2D eigenvalue weighted by Gasteiger charge is -1.99. The average molecular weight is 311 g/mol. The molecular formula is C15H9N3O5. The van der Waals surface area contributed by atoms with Crippen molar-refractivity contribution in [2.45, 2.75) is 0 Å². The van der Waals surface area contributed by atoms with Crippen molar-refractivity contribution in [2.24, 2.45) is 0 Å². The number of hydrogen-bond acceptors (Lipinski definition) is 6. The summed E-state index contributed by atoms with van der Waals surface area (Å²) in [5.74, 6) is 0.00530. The van der Waals surface area contributed by atoms with Crippen LogP contribution in [0.4, 0.5) is 11.6 Å². The number of fused-ring (bicyclic) bond motifs is 1. The van der Waals surface area contributed by atoms with Crippen molar-refractivity contribution in [3.8, 4) is 0 Å². The molecule has 114 valence electrons. The molecule has 0 aliphatic rings. The van der Waals surface area contributed by atoms with Crippen molar-refractivity contribution in [1.29, 1.82) is 0 Å². The van der Waals surface area contributed by atoms with Gasteiger partial charge in [-0.1, -0.05) is 6.07 Å². The molecule has 0 saturated carbocycles. The normalized spacial score (nSPS) is 11.1. The highest BCUT2D eigenvalue weighted by atomic mass is 16.6. The Kier molecular flexibility index (Phi) is 3.55. The van der Waals surface area contributed by atoms with Crippen LogP contribution in [0.3, 0.4) is 0 Å². The number of nitrogens with zero attached hydrogens (tertiary/aromatic N) is 3. The second kappa shape index (κ2) is 5.68. The van der Waals surface area contributed by atoms with Gasteiger partial charge in [0.15, 0.2) is 0 Å². The second-order valence-corrected chi connectivity index (χ2v) is 4.64. The third-order valence-corrected chi connectivity index (χ3v) is 3.12. The molecular weight excluding hydrogens is 302 g/mol. The van der Waals surface area contributed by atoms with Crippen molar-refractivity contribution >= 4 is 34.6 Å². The van der Waals surface area contributed by atoms with E-state index in [0.29, 0.717) is 22.4 Å². The van der Waals surface area contributed by atoms with Gasteiger partial charge in [0.2, 0.25) is 0 Å². The molecule has 0 amide bonds. The van der Waals surface area contributed by atoms with E-state index in [-0.39, 0.29) is 11.6 Å². The number of aromatic nitrogens is 1. The van der Waals surface area contributed by atoms with Crippen LogP contribution in [-0.2, 0) is 0 Å². The van der Waals surface area contributed by atoms with Gasteiger partial charge in [0, 0.05) is 17.5 Å². The van der Waals surface area contributed by atoms with E-state index in [4.69, 9.17) is 4.42 Å². The zero-order valence-electron chi connectivity index (χ0n) is 11.6. The highest BCUT2D eigenvalue weighted by Gasteiger charge is 2.10. The number of furan rings is 1. The largest absolute Gasteiger partial charge is 0.433 e. The minimum atomic E-state index is -0.613. The van der Waals surface area contributed by atoms with Gasteiger partial charge >= 0.3 is 5.88 Å². The Bertz CT molecular complexity index is 945. The third kappa shape index (κ3) is 3.05. The molecule has 0 unspecified atom stereocenters. The van der Waals surface area contributed by atoms with E-state index in [1.807, 2.05) is 0 Å². The Morgan fingerprint density at radius 3 is 2.48 bits per heavy atom. The smallest absolute Gasteiger partial charge is 0.401 e. The number of rotatable bonds is 4. The summed E-state index contributed by atoms with van der Waals surface area (Å²) in [6, 6.07) is 10.6. The van der Waals surface area contributed by atoms with Crippen molar-refractivity contribution < 1.29 is 14.3 Å². The average Bonchev–Trinajstić information content (AvgIpc) is 3.01. The molecule has 8 nitrogen and oxygen atoms in total. The first-order valence-corrected chi connectivity index (χ1v) is 6.50. The fraction of sp³-hybridized carbons (Fsp3) is 0. The number of hydrogen-bond donors (Lipinski definition) is 0. The standard InChI is InChI=1S/C15H9N3O5/c19-17(20)12-4-7-14-10(9-12)1-2-11(16-14)3-5-13-6-8-15(23-13)18(21)22/h1-9H/b5-3+. The molecule has 8 heteroatoms. The summed E-state index contributed by atoms with van der Waals surface area (Å²) in [4.78, 5) is 24.5. The first kappa shape index (κ1) is 14.4. The minimum absolute atomic E-state index is 0.00508. The Hall–Kier alpha value is -3.55. The molecule has 3 aromatic rings. The van der Waals surface area contributed by atoms with E-state index in [1.54, 1.807) is 30.4 Å². The summed E-state index contributed by atoms with van der Waals surface area (Å²) < 4.78 is 5.01. The van der Waals surface area contributed by atoms with E-state index in [1.165, 1.54) is 24.3 Å². The molecule has 23 heavy (non-hydrogen) atoms. The van der Waals surface area contributed by atoms with Crippen LogP contribution in [0.2, 0.25) is 0 Å². The van der Waals surface area contributed by atoms with Crippen LogP contribution < -0.4 is 0 Å². The predicted octanol–water partition coefficient (Wildman–Crippen LogP) is 3.81. The summed E-state index contributed by atoms with van der Waals surface area (Å²) >= 11 is 0. The number of nitro benzene ring substituents is 1. The Balaban J connectivity index is 1.87. The second-order valence-electron chi connectivity index (χ2n) is 4.64. The molecule has 0 radical (unpaired) electrons. The van der Waals surface area contributed by atoms with Crippen LogP contribution in [0.25, 0.3) is 23.1 Å². The van der Waals surface area contributed by atoms with Crippen LogP contribution in [0, 0.1) is 20.2 Å². The van der Waals surface area contributed by atoms with Gasteiger partial charge in [-0.05, 0) is 30.4 Å². The quantitative estimate of drug-likeness (QED) is 0.534. The van der Waals surface area contributed by atoms with Gasteiger partial charge in [-0.25, -0.2) is 4.98 Å². The van der Waals surface area contributed by atoms with Gasteiger partial charge in [0.05, 0.1) is 22.2 Å². The SMILES string of the molecule is O=[N+]([O-])c1ccc2nc(/C=C/c3ccc([N+](=O)[O-])o3)ccc2c1. The first-order valence-electron chi connectivity index (χ1n) is 6.50. The zero-order chi connectivity index (χ0) is 16.4. The van der Waals surface area contributed by atoms with Crippen LogP contribution in [0.1, 0.15) is 11.5 Å². The summed E-state index contributed by atoms with van der Waals surface area (Å²) in [5, 5.41) is 21.9. The molecule has 0 aliphatic heterocycles. The Morgan fingerprint density at radius 2 is 1.78 bits per heavy atom. The maximum atomic E-state index is 10.7. The van der Waals surface area contributed by atoms with E-state index in [0.717, 1.165) is 0 Å². The van der Waals surface area contributed by atoms with Gasteiger partial charge in [-0.15, -0.1) is 0 Å². The fourth-order valence-electron chi connectivity index (χ4n) is 2.03. The highest BCUT2D eigenvalue weighted by molar-refractivity contribution is 5.82. The molecule has 0 spiro atoms. The topological polar surface area (TPSA) is 112 Å². The lowest BCUT2D eigenvalue weighted by Crippen LogP contribution is -1.89. The lowest BCUT2D eigenvalue weighted by atomic mass is 10.2. The minimum Gasteiger partial charge on any atom is -0.401 e. The van der Waals surface area contributed by atoms with Gasteiger partial charge in [0.1, 0.15) is 10.7 Å². The number of pyridine rings is 1. The molecule has 2 heterocycles. The summed E-state index contributed by atoms with van der Waals surface area (Å²) in [6.45, 7) is 0. The lowest BCUT2D eigenvalue weighted by molar-refractivity contribution is -0.402. The summed E-state index contributed by atoms with van der Waals surface area (Å²) in [6.07, 6.45) is 3.20. The number of nitro groups is 2. The van der Waals surface area contributed by atoms with Gasteiger partial charge in [-0.2, -0.15) is 0 Å². The Labute approximate surface area is 129 Å². The van der Waals surface area contributed by atoms with Crippen molar-refractivity contribution in [3.63, 3.8) is 0 Å². The molecule has 0 N–H and O–H groups in total. The van der Waals surface area contributed by atoms with E-state index in [2.05, 4.69) is 4.98 Å². The predicted molar refractivity (Wildman–Crippen MR) is 82.7 cm³/mol. The van der Waals surface area contributed by atoms with Crippen LogP contribution in [0.5, 0.6) is 0 Å². The fourth-order valence-corrected chi connectivity index (χ4v) is 2.03. The van der Waals surface area contributed by atoms with Crippen LogP contribution in [-0.4, -0.2) is 14.8 Å². The maximum Gasteiger partial charge on any atom is 0.433 e. The molecule has 0 fully saturated rings. The van der Waals surface area contributed by atoms with E-state index < -0.39 is 9.85 Å². The van der Waals surface area contributed by atoms with E-state index in [9.17, 15) is 20.2 Å². The van der Waals surface area contributed by atoms with Crippen molar-refractivity contribution in [2.75, 3.05) is 0 Å². The molecule has 1 aromatic carbocycles.